The van der Waals surface area contributed by atoms with Crippen LogP contribution in [0.2, 0.25) is 0 Å². The number of fused-ring (bicyclic) bond motifs is 2. The Morgan fingerprint density at radius 3 is 2.43 bits per heavy atom. The molecule has 0 spiro atoms. The second-order valence-electron chi connectivity index (χ2n) is 9.11. The van der Waals surface area contributed by atoms with Gasteiger partial charge in [0, 0.05) is 29.1 Å². The number of aromatic nitrogens is 4. The molecule has 0 bridgehead atoms. The Bertz CT molecular complexity index is 1660. The molecule has 0 radical (unpaired) electrons. The second-order valence-corrected chi connectivity index (χ2v) is 9.11. The van der Waals surface area contributed by atoms with Crippen LogP contribution in [-0.4, -0.2) is 39.2 Å². The molecule has 2 N–H and O–H groups in total. The minimum atomic E-state index is -0.255. The van der Waals surface area contributed by atoms with E-state index in [1.807, 2.05) is 12.4 Å². The zero-order valence-corrected chi connectivity index (χ0v) is 19.5. The van der Waals surface area contributed by atoms with Crippen LogP contribution in [0.15, 0.2) is 85.2 Å². The Hall–Kier alpha value is -4.29. The molecule has 0 amide bonds. The predicted molar refractivity (Wildman–Crippen MR) is 139 cm³/mol. The van der Waals surface area contributed by atoms with Gasteiger partial charge in [0.05, 0.1) is 22.9 Å². The highest BCUT2D eigenvalue weighted by atomic mass is 19.1. The SMILES string of the molecule is CN(C)Cc1cccc(-c2ccc3[nH]nc(-c4cc5c(-c6ccc(F)cc6)cncc5[nH]4)c3c2)c1. The molecule has 0 unspecified atom stereocenters. The van der Waals surface area contributed by atoms with Gasteiger partial charge in [-0.3, -0.25) is 10.1 Å². The van der Waals surface area contributed by atoms with Crippen LogP contribution < -0.4 is 0 Å². The molecule has 0 aliphatic heterocycles. The van der Waals surface area contributed by atoms with Gasteiger partial charge in [-0.15, -0.1) is 0 Å². The Morgan fingerprint density at radius 1 is 0.800 bits per heavy atom. The minimum absolute atomic E-state index is 0.255. The van der Waals surface area contributed by atoms with E-state index < -0.39 is 0 Å². The third-order valence-corrected chi connectivity index (χ3v) is 6.28. The van der Waals surface area contributed by atoms with Crippen molar-refractivity contribution in [1.82, 2.24) is 25.1 Å². The van der Waals surface area contributed by atoms with Gasteiger partial charge in [-0.2, -0.15) is 5.10 Å². The maximum absolute atomic E-state index is 13.5. The van der Waals surface area contributed by atoms with Crippen LogP contribution in [-0.2, 0) is 6.54 Å². The van der Waals surface area contributed by atoms with E-state index in [1.165, 1.54) is 23.3 Å². The van der Waals surface area contributed by atoms with Crippen molar-refractivity contribution in [2.45, 2.75) is 6.54 Å². The third-order valence-electron chi connectivity index (χ3n) is 6.28. The summed E-state index contributed by atoms with van der Waals surface area (Å²) in [5.41, 5.74) is 9.10. The van der Waals surface area contributed by atoms with Crippen LogP contribution in [0.4, 0.5) is 4.39 Å². The maximum Gasteiger partial charge on any atom is 0.123 e. The molecule has 6 rings (SSSR count). The van der Waals surface area contributed by atoms with E-state index in [9.17, 15) is 4.39 Å². The number of hydrogen-bond donors (Lipinski definition) is 2. The van der Waals surface area contributed by atoms with Crippen molar-refractivity contribution in [3.63, 3.8) is 0 Å². The number of aromatic amines is 2. The molecule has 0 fully saturated rings. The number of nitrogens with one attached hydrogen (secondary N) is 2. The van der Waals surface area contributed by atoms with Gasteiger partial charge in [-0.1, -0.05) is 36.4 Å². The van der Waals surface area contributed by atoms with Crippen LogP contribution in [0.3, 0.4) is 0 Å². The van der Waals surface area contributed by atoms with Crippen molar-refractivity contribution in [3.8, 4) is 33.6 Å². The van der Waals surface area contributed by atoms with Crippen molar-refractivity contribution in [3.05, 3.63) is 96.6 Å². The predicted octanol–water partition coefficient (Wildman–Crippen LogP) is 6.64. The number of pyridine rings is 1. The van der Waals surface area contributed by atoms with Crippen molar-refractivity contribution < 1.29 is 4.39 Å². The summed E-state index contributed by atoms with van der Waals surface area (Å²) in [5, 5.41) is 9.86. The van der Waals surface area contributed by atoms with Gasteiger partial charge >= 0.3 is 0 Å². The number of nitrogens with zero attached hydrogens (tertiary/aromatic N) is 3. The third kappa shape index (κ3) is 3.98. The molecule has 3 heterocycles. The number of benzene rings is 3. The van der Waals surface area contributed by atoms with E-state index in [2.05, 4.69) is 87.7 Å². The molecule has 6 aromatic rings. The van der Waals surface area contributed by atoms with E-state index in [0.717, 1.165) is 56.4 Å². The van der Waals surface area contributed by atoms with Crippen molar-refractivity contribution >= 4 is 21.8 Å². The van der Waals surface area contributed by atoms with Crippen molar-refractivity contribution in [2.24, 2.45) is 0 Å². The van der Waals surface area contributed by atoms with Gasteiger partial charge in [-0.25, -0.2) is 4.39 Å². The summed E-state index contributed by atoms with van der Waals surface area (Å²) in [6.45, 7) is 0.895. The number of H-pyrrole nitrogens is 2. The lowest BCUT2D eigenvalue weighted by atomic mass is 10.0. The first kappa shape index (κ1) is 21.3. The zero-order valence-electron chi connectivity index (χ0n) is 19.5. The molecule has 3 aromatic carbocycles. The fourth-order valence-electron chi connectivity index (χ4n) is 4.65. The van der Waals surface area contributed by atoms with Crippen LogP contribution in [0.5, 0.6) is 0 Å². The molecule has 3 aromatic heterocycles. The van der Waals surface area contributed by atoms with Gasteiger partial charge in [0.25, 0.3) is 0 Å². The summed E-state index contributed by atoms with van der Waals surface area (Å²) < 4.78 is 13.5. The monoisotopic (exact) mass is 461 g/mol. The van der Waals surface area contributed by atoms with Crippen LogP contribution in [0.25, 0.3) is 55.4 Å². The van der Waals surface area contributed by atoms with Gasteiger partial charge in [0.2, 0.25) is 0 Å². The molecule has 0 aliphatic carbocycles. The van der Waals surface area contributed by atoms with E-state index >= 15 is 0 Å². The number of rotatable bonds is 5. The first-order valence-electron chi connectivity index (χ1n) is 11.5. The first-order valence-corrected chi connectivity index (χ1v) is 11.5. The Labute approximate surface area is 202 Å². The normalized spacial score (nSPS) is 11.7. The van der Waals surface area contributed by atoms with Crippen LogP contribution in [0.1, 0.15) is 5.56 Å². The van der Waals surface area contributed by atoms with E-state index in [-0.39, 0.29) is 5.82 Å². The highest BCUT2D eigenvalue weighted by molar-refractivity contribution is 6.01. The largest absolute Gasteiger partial charge is 0.352 e. The molecule has 0 saturated carbocycles. The lowest BCUT2D eigenvalue weighted by Gasteiger charge is -2.11. The maximum atomic E-state index is 13.5. The van der Waals surface area contributed by atoms with Crippen molar-refractivity contribution in [2.75, 3.05) is 14.1 Å². The van der Waals surface area contributed by atoms with Crippen molar-refractivity contribution in [1.29, 1.82) is 0 Å². The second kappa shape index (κ2) is 8.49. The molecular weight excluding hydrogens is 437 g/mol. The summed E-state index contributed by atoms with van der Waals surface area (Å²) in [4.78, 5) is 10.0. The molecule has 35 heavy (non-hydrogen) atoms. The average Bonchev–Trinajstić information content (AvgIpc) is 3.48. The fraction of sp³-hybridized carbons (Fsp3) is 0.103. The summed E-state index contributed by atoms with van der Waals surface area (Å²) in [6.07, 6.45) is 3.62. The first-order chi connectivity index (χ1) is 17.0. The molecule has 0 saturated heterocycles. The Balaban J connectivity index is 1.44. The molecule has 0 atom stereocenters. The summed E-state index contributed by atoms with van der Waals surface area (Å²) >= 11 is 0. The van der Waals surface area contributed by atoms with E-state index in [4.69, 9.17) is 0 Å². The summed E-state index contributed by atoms with van der Waals surface area (Å²) in [7, 11) is 4.15. The zero-order chi connectivity index (χ0) is 23.9. The molecule has 5 nitrogen and oxygen atoms in total. The highest BCUT2D eigenvalue weighted by Gasteiger charge is 2.15. The fourth-order valence-corrected chi connectivity index (χ4v) is 4.65. The lowest BCUT2D eigenvalue weighted by Crippen LogP contribution is -2.10. The number of hydrogen-bond acceptors (Lipinski definition) is 3. The molecular formula is C29H24FN5. The van der Waals surface area contributed by atoms with Gasteiger partial charge in [-0.05, 0) is 72.7 Å². The smallest absolute Gasteiger partial charge is 0.123 e. The van der Waals surface area contributed by atoms with E-state index in [1.54, 1.807) is 12.1 Å². The molecule has 6 heteroatoms. The van der Waals surface area contributed by atoms with E-state index in [0.29, 0.717) is 0 Å². The number of halogens is 1. The lowest BCUT2D eigenvalue weighted by molar-refractivity contribution is 0.402. The summed E-state index contributed by atoms with van der Waals surface area (Å²) in [6, 6.07) is 23.6. The van der Waals surface area contributed by atoms with Gasteiger partial charge < -0.3 is 9.88 Å². The highest BCUT2D eigenvalue weighted by Crippen LogP contribution is 2.35. The standard InChI is InChI=1S/C29H24FN5/c1-35(2)17-18-4-3-5-20(12-18)21-8-11-26-24(13-21)29(34-33-26)27-14-23-25(15-31-16-28(23)32-27)19-6-9-22(30)10-7-19/h3-16,32H,17H2,1-2H3,(H,33,34). The van der Waals surface area contributed by atoms with Crippen LogP contribution in [0, 0.1) is 5.82 Å². The Morgan fingerprint density at radius 2 is 1.60 bits per heavy atom. The quantitative estimate of drug-likeness (QED) is 0.302. The van der Waals surface area contributed by atoms with Crippen LogP contribution >= 0.6 is 0 Å². The molecule has 0 aliphatic rings. The molecule has 172 valence electrons. The summed E-state index contributed by atoms with van der Waals surface area (Å²) in [5.74, 6) is -0.255. The van der Waals surface area contributed by atoms with Gasteiger partial charge in [0.1, 0.15) is 11.5 Å². The van der Waals surface area contributed by atoms with Gasteiger partial charge in [0.15, 0.2) is 0 Å². The minimum Gasteiger partial charge on any atom is -0.352 e. The Kier molecular flexibility index (Phi) is 5.16. The topological polar surface area (TPSA) is 60.6 Å². The average molecular weight is 462 g/mol.